The Kier molecular flexibility index (Phi) is 9.99. The van der Waals surface area contributed by atoms with Crippen LogP contribution in [-0.2, 0) is 18.4 Å². The molecule has 0 aromatic heterocycles. The number of ketones is 1. The summed E-state index contributed by atoms with van der Waals surface area (Å²) in [4.78, 5) is 23.1. The van der Waals surface area contributed by atoms with Crippen molar-refractivity contribution in [2.45, 2.75) is 109 Å². The van der Waals surface area contributed by atoms with Gasteiger partial charge in [-0.2, -0.15) is 11.8 Å². The van der Waals surface area contributed by atoms with Gasteiger partial charge in [-0.25, -0.2) is 4.79 Å². The highest BCUT2D eigenvalue weighted by Crippen LogP contribution is 2.64. The fraction of sp³-hybridized carbons (Fsp3) is 0.714. The Morgan fingerprint density at radius 2 is 1.86 bits per heavy atom. The lowest BCUT2D eigenvalue weighted by Gasteiger charge is -2.37. The molecule has 3 saturated heterocycles. The molecular weight excluding hydrogens is 507 g/mol. The van der Waals surface area contributed by atoms with Gasteiger partial charge in [0.05, 0.1) is 30.0 Å². The highest BCUT2D eigenvalue weighted by Gasteiger charge is 2.45. The van der Waals surface area contributed by atoms with Crippen LogP contribution in [0, 0.1) is 12.3 Å². The molecule has 208 valence electrons. The predicted molar refractivity (Wildman–Crippen MR) is 151 cm³/mol. The number of thioether (sulfide) groups is 1. The van der Waals surface area contributed by atoms with Gasteiger partial charge in [0, 0.05) is 29.3 Å². The van der Waals surface area contributed by atoms with Gasteiger partial charge in [0.1, 0.15) is 5.78 Å². The number of carbonyl (C=O) groups is 2. The topological polar surface area (TPSA) is 93.7 Å². The first-order valence-corrected chi connectivity index (χ1v) is 16.0. The molecule has 7 nitrogen and oxygen atoms in total. The number of rotatable bonds is 6. The monoisotopic (exact) mass is 552 g/mol. The Labute approximate surface area is 227 Å². The van der Waals surface area contributed by atoms with Crippen LogP contribution in [-0.4, -0.2) is 46.7 Å². The SMILES string of the molecule is CC(C)(C)C(=O)CCCC[C@@H]1SC[C@@H]2NC(=O)N[C@@H]21.Cc1cccc([C@H]2CCOP(=O)(C(C)(C)C)O2)c1. The van der Waals surface area contributed by atoms with Gasteiger partial charge in [0.2, 0.25) is 0 Å². The van der Waals surface area contributed by atoms with E-state index in [-0.39, 0.29) is 23.6 Å². The van der Waals surface area contributed by atoms with E-state index in [2.05, 4.69) is 16.7 Å². The summed E-state index contributed by atoms with van der Waals surface area (Å²) in [6.07, 6.45) is 4.43. The summed E-state index contributed by atoms with van der Waals surface area (Å²) in [5.74, 6) is 1.36. The molecule has 0 radical (unpaired) electrons. The van der Waals surface area contributed by atoms with Gasteiger partial charge < -0.3 is 15.2 Å². The van der Waals surface area contributed by atoms with Crippen molar-refractivity contribution >= 4 is 31.2 Å². The molecule has 0 aliphatic carbocycles. The van der Waals surface area contributed by atoms with E-state index in [1.165, 1.54) is 5.56 Å². The quantitative estimate of drug-likeness (QED) is 0.229. The molecule has 3 aliphatic rings. The molecule has 5 atom stereocenters. The minimum Gasteiger partial charge on any atom is -0.332 e. The molecule has 3 aliphatic heterocycles. The van der Waals surface area contributed by atoms with Crippen molar-refractivity contribution in [2.24, 2.45) is 5.41 Å². The van der Waals surface area contributed by atoms with Crippen LogP contribution in [0.3, 0.4) is 0 Å². The number of Topliss-reactive ketones (excluding diaryl/α,β-unsaturated/α-hetero) is 1. The minimum absolute atomic E-state index is 0.0248. The van der Waals surface area contributed by atoms with Crippen molar-refractivity contribution in [1.29, 1.82) is 0 Å². The van der Waals surface area contributed by atoms with Gasteiger partial charge in [-0.3, -0.25) is 13.9 Å². The Morgan fingerprint density at radius 1 is 1.14 bits per heavy atom. The fourth-order valence-electron chi connectivity index (χ4n) is 4.63. The van der Waals surface area contributed by atoms with E-state index in [4.69, 9.17) is 9.05 Å². The molecule has 0 spiro atoms. The van der Waals surface area contributed by atoms with E-state index in [1.807, 2.05) is 78.4 Å². The summed E-state index contributed by atoms with van der Waals surface area (Å²) in [6, 6.07) is 8.73. The number of fused-ring (bicyclic) bond motifs is 1. The maximum Gasteiger partial charge on any atom is 0.336 e. The number of unbranched alkanes of at least 4 members (excludes halogenated alkanes) is 1. The average Bonchev–Trinajstić information content (AvgIpc) is 3.35. The van der Waals surface area contributed by atoms with Gasteiger partial charge >= 0.3 is 13.6 Å². The average molecular weight is 553 g/mol. The van der Waals surface area contributed by atoms with Crippen LogP contribution >= 0.6 is 19.4 Å². The van der Waals surface area contributed by atoms with E-state index in [0.29, 0.717) is 30.1 Å². The highest BCUT2D eigenvalue weighted by atomic mass is 32.2. The third-order valence-electron chi connectivity index (χ3n) is 7.06. The van der Waals surface area contributed by atoms with Crippen molar-refractivity contribution in [3.8, 4) is 0 Å². The summed E-state index contributed by atoms with van der Waals surface area (Å²) in [6.45, 7) is 14.2. The van der Waals surface area contributed by atoms with E-state index in [0.717, 1.165) is 37.0 Å². The van der Waals surface area contributed by atoms with Gasteiger partial charge in [0.15, 0.2) is 0 Å². The van der Waals surface area contributed by atoms with Gasteiger partial charge in [-0.15, -0.1) is 0 Å². The van der Waals surface area contributed by atoms with Crippen molar-refractivity contribution in [1.82, 2.24) is 10.6 Å². The number of hydrogen-bond donors (Lipinski definition) is 2. The first-order valence-electron chi connectivity index (χ1n) is 13.4. The number of aryl methyl sites for hydroxylation is 1. The summed E-state index contributed by atoms with van der Waals surface area (Å²) >= 11 is 1.94. The number of carbonyl (C=O) groups excluding carboxylic acids is 2. The van der Waals surface area contributed by atoms with Gasteiger partial charge in [-0.1, -0.05) is 57.0 Å². The van der Waals surface area contributed by atoms with Gasteiger partial charge in [0.25, 0.3) is 0 Å². The Morgan fingerprint density at radius 3 is 2.51 bits per heavy atom. The molecule has 37 heavy (non-hydrogen) atoms. The zero-order chi connectivity index (χ0) is 27.4. The molecule has 2 N–H and O–H groups in total. The smallest absolute Gasteiger partial charge is 0.332 e. The first kappa shape index (κ1) is 30.2. The lowest BCUT2D eigenvalue weighted by molar-refractivity contribution is -0.126. The fourth-order valence-corrected chi connectivity index (χ4v) is 7.85. The van der Waals surface area contributed by atoms with Crippen LogP contribution in [0.25, 0.3) is 0 Å². The Bertz CT molecular complexity index is 1000. The lowest BCUT2D eigenvalue weighted by atomic mass is 9.87. The lowest BCUT2D eigenvalue weighted by Crippen LogP contribution is -2.36. The predicted octanol–water partition coefficient (Wildman–Crippen LogP) is 6.79. The van der Waals surface area contributed by atoms with Crippen LogP contribution in [0.15, 0.2) is 24.3 Å². The maximum atomic E-state index is 12.7. The number of hydrogen-bond acceptors (Lipinski definition) is 6. The van der Waals surface area contributed by atoms with E-state index in [9.17, 15) is 14.2 Å². The molecule has 2 amide bonds. The number of nitrogens with one attached hydrogen (secondary N) is 2. The molecule has 3 heterocycles. The zero-order valence-corrected chi connectivity index (χ0v) is 25.2. The molecular formula is C28H45N2O5PS. The van der Waals surface area contributed by atoms with Crippen LogP contribution in [0.2, 0.25) is 0 Å². The standard InChI is InChI=1S/C14H24N2O2S.C14H21O3P/c1-14(2,3)11(17)7-5-4-6-10-12-9(8-19-10)15-13(18)16-12;1-11-6-5-7-12(10-11)13-8-9-16-18(15,17-13)14(2,3)4/h9-10,12H,4-8H2,1-3H3,(H2,15,16,18);5-7,10,13H,8-9H2,1-4H3/t9-,10-,12-;13-,18?/m01/s1. The maximum absolute atomic E-state index is 12.7. The molecule has 0 saturated carbocycles. The van der Waals surface area contributed by atoms with Crippen LogP contribution in [0.5, 0.6) is 0 Å². The second-order valence-corrected chi connectivity index (χ2v) is 16.4. The van der Waals surface area contributed by atoms with Crippen molar-refractivity contribution in [3.63, 3.8) is 0 Å². The van der Waals surface area contributed by atoms with E-state index in [1.54, 1.807) is 0 Å². The third kappa shape index (κ3) is 8.08. The Balaban J connectivity index is 0.000000206. The molecule has 9 heteroatoms. The second kappa shape index (κ2) is 12.2. The molecule has 3 fully saturated rings. The zero-order valence-electron chi connectivity index (χ0n) is 23.5. The van der Waals surface area contributed by atoms with E-state index >= 15 is 0 Å². The summed E-state index contributed by atoms with van der Waals surface area (Å²) in [7, 11) is -3.03. The summed E-state index contributed by atoms with van der Waals surface area (Å²) in [5, 5.41) is 5.98. The second-order valence-electron chi connectivity index (χ2n) is 12.3. The normalized spacial score (nSPS) is 29.5. The summed E-state index contributed by atoms with van der Waals surface area (Å²) < 4.78 is 23.9. The number of benzene rings is 1. The molecule has 1 unspecified atom stereocenters. The molecule has 1 aromatic rings. The van der Waals surface area contributed by atoms with Crippen LogP contribution in [0.1, 0.15) is 90.9 Å². The van der Waals surface area contributed by atoms with Crippen molar-refractivity contribution in [2.75, 3.05) is 12.4 Å². The number of amides is 2. The highest BCUT2D eigenvalue weighted by molar-refractivity contribution is 8.00. The summed E-state index contributed by atoms with van der Waals surface area (Å²) in [5.41, 5.74) is 2.06. The first-order chi connectivity index (χ1) is 17.2. The van der Waals surface area contributed by atoms with Crippen molar-refractivity contribution < 1.29 is 23.2 Å². The van der Waals surface area contributed by atoms with Crippen LogP contribution in [0.4, 0.5) is 4.79 Å². The molecule has 1 aromatic carbocycles. The molecule has 0 bridgehead atoms. The minimum atomic E-state index is -3.03. The number of urea groups is 1. The van der Waals surface area contributed by atoms with Gasteiger partial charge in [-0.05, 0) is 46.1 Å². The largest absolute Gasteiger partial charge is 0.336 e. The van der Waals surface area contributed by atoms with Crippen LogP contribution < -0.4 is 10.6 Å². The van der Waals surface area contributed by atoms with Crippen molar-refractivity contribution in [3.05, 3.63) is 35.4 Å². The Hall–Kier alpha value is -1.34. The third-order valence-corrected chi connectivity index (χ3v) is 11.3. The molecule has 4 rings (SSSR count). The van der Waals surface area contributed by atoms with E-state index < -0.39 is 12.8 Å².